The highest BCUT2D eigenvalue weighted by atomic mass is 16.4. The first kappa shape index (κ1) is 28.0. The first-order valence-corrected chi connectivity index (χ1v) is 11.3. The molecule has 0 aromatic heterocycles. The van der Waals surface area contributed by atoms with Crippen molar-refractivity contribution in [3.63, 3.8) is 0 Å². The fourth-order valence-electron chi connectivity index (χ4n) is 3.36. The molecule has 0 saturated heterocycles. The number of carboxylic acid groups (broad SMARTS) is 2. The number of nitrogens with two attached hydrogens (primary N) is 1. The number of hydrogen-bond acceptors (Lipinski definition) is 6. The van der Waals surface area contributed by atoms with Gasteiger partial charge in [-0.1, -0.05) is 60.7 Å². The molecule has 2 aromatic rings. The molecule has 7 N–H and O–H groups in total. The Morgan fingerprint density at radius 3 is 1.83 bits per heavy atom. The van der Waals surface area contributed by atoms with Crippen LogP contribution in [0.1, 0.15) is 24.0 Å². The van der Waals surface area contributed by atoms with Crippen molar-refractivity contribution in [1.82, 2.24) is 16.0 Å². The quantitative estimate of drug-likeness (QED) is 0.207. The zero-order valence-electron chi connectivity index (χ0n) is 19.6. The molecule has 0 fully saturated rings. The van der Waals surface area contributed by atoms with Crippen LogP contribution < -0.4 is 21.7 Å². The lowest BCUT2D eigenvalue weighted by Crippen LogP contribution is -2.54. The van der Waals surface area contributed by atoms with E-state index in [1.165, 1.54) is 0 Å². The number of carboxylic acids is 2. The fraction of sp³-hybridized carbons (Fsp3) is 0.320. The van der Waals surface area contributed by atoms with E-state index in [4.69, 9.17) is 15.9 Å². The summed E-state index contributed by atoms with van der Waals surface area (Å²) < 4.78 is 0. The topological polar surface area (TPSA) is 188 Å². The molecule has 11 nitrogen and oxygen atoms in total. The molecule has 0 bridgehead atoms. The summed E-state index contributed by atoms with van der Waals surface area (Å²) in [6, 6.07) is 14.7. The molecule has 192 valence electrons. The van der Waals surface area contributed by atoms with Gasteiger partial charge in [-0.15, -0.1) is 0 Å². The van der Waals surface area contributed by atoms with Crippen molar-refractivity contribution in [3.05, 3.63) is 71.8 Å². The van der Waals surface area contributed by atoms with Crippen LogP contribution in [0, 0.1) is 0 Å². The van der Waals surface area contributed by atoms with Crippen molar-refractivity contribution in [2.75, 3.05) is 6.54 Å². The number of amides is 3. The molecule has 3 atom stereocenters. The minimum absolute atomic E-state index is 0.133. The fourth-order valence-corrected chi connectivity index (χ4v) is 3.36. The maximum Gasteiger partial charge on any atom is 0.326 e. The van der Waals surface area contributed by atoms with Crippen LogP contribution in [0.2, 0.25) is 0 Å². The van der Waals surface area contributed by atoms with Crippen LogP contribution in [-0.2, 0) is 36.8 Å². The van der Waals surface area contributed by atoms with Gasteiger partial charge in [-0.05, 0) is 24.0 Å². The first-order valence-electron chi connectivity index (χ1n) is 11.3. The highest BCUT2D eigenvalue weighted by Gasteiger charge is 2.26. The second-order valence-corrected chi connectivity index (χ2v) is 8.16. The minimum Gasteiger partial charge on any atom is -0.481 e. The molecular weight excluding hydrogens is 468 g/mol. The molecule has 2 aromatic carbocycles. The highest BCUT2D eigenvalue weighted by molar-refractivity contribution is 5.92. The van der Waals surface area contributed by atoms with Crippen LogP contribution in [0.4, 0.5) is 0 Å². The average molecular weight is 499 g/mol. The SMILES string of the molecule is NC(Cc1ccccc1)C(=O)NC(Cc1ccccc1)C(=O)NCC(=O)NC(CCC(=O)O)C(=O)O. The second kappa shape index (κ2) is 14.2. The third-order valence-electron chi connectivity index (χ3n) is 5.25. The Morgan fingerprint density at radius 1 is 0.750 bits per heavy atom. The monoisotopic (exact) mass is 498 g/mol. The van der Waals surface area contributed by atoms with Crippen molar-refractivity contribution < 1.29 is 34.2 Å². The van der Waals surface area contributed by atoms with E-state index in [1.54, 1.807) is 30.3 Å². The Balaban J connectivity index is 2.00. The number of rotatable bonds is 14. The van der Waals surface area contributed by atoms with E-state index >= 15 is 0 Å². The van der Waals surface area contributed by atoms with E-state index in [-0.39, 0.29) is 19.3 Å². The van der Waals surface area contributed by atoms with Gasteiger partial charge < -0.3 is 31.9 Å². The largest absolute Gasteiger partial charge is 0.481 e. The molecule has 0 radical (unpaired) electrons. The maximum atomic E-state index is 12.9. The summed E-state index contributed by atoms with van der Waals surface area (Å²) in [6.45, 7) is -0.563. The van der Waals surface area contributed by atoms with E-state index in [9.17, 15) is 24.0 Å². The number of aliphatic carboxylic acids is 2. The van der Waals surface area contributed by atoms with Crippen molar-refractivity contribution >= 4 is 29.7 Å². The molecule has 36 heavy (non-hydrogen) atoms. The van der Waals surface area contributed by atoms with Gasteiger partial charge in [0, 0.05) is 12.8 Å². The molecule has 0 aliphatic rings. The molecule has 11 heteroatoms. The van der Waals surface area contributed by atoms with Crippen molar-refractivity contribution in [1.29, 1.82) is 0 Å². The Labute approximate surface area is 208 Å². The molecule has 0 spiro atoms. The van der Waals surface area contributed by atoms with Crippen molar-refractivity contribution in [2.24, 2.45) is 5.73 Å². The number of benzene rings is 2. The Bertz CT molecular complexity index is 1050. The second-order valence-electron chi connectivity index (χ2n) is 8.16. The average Bonchev–Trinajstić information content (AvgIpc) is 2.85. The highest BCUT2D eigenvalue weighted by Crippen LogP contribution is 2.06. The van der Waals surface area contributed by atoms with E-state index in [1.807, 2.05) is 30.3 Å². The van der Waals surface area contributed by atoms with Crippen LogP contribution in [0.5, 0.6) is 0 Å². The molecule has 2 rings (SSSR count). The smallest absolute Gasteiger partial charge is 0.326 e. The van der Waals surface area contributed by atoms with E-state index < -0.39 is 60.8 Å². The van der Waals surface area contributed by atoms with Crippen molar-refractivity contribution in [2.45, 2.75) is 43.8 Å². The summed E-state index contributed by atoms with van der Waals surface area (Å²) in [5.41, 5.74) is 7.66. The Hall–Kier alpha value is -4.25. The third kappa shape index (κ3) is 9.94. The van der Waals surface area contributed by atoms with Crippen molar-refractivity contribution in [3.8, 4) is 0 Å². The van der Waals surface area contributed by atoms with Gasteiger partial charge in [0.15, 0.2) is 0 Å². The zero-order chi connectivity index (χ0) is 26.5. The van der Waals surface area contributed by atoms with E-state index in [0.29, 0.717) is 0 Å². The summed E-state index contributed by atoms with van der Waals surface area (Å²) in [7, 11) is 0. The standard InChI is InChI=1S/C25H30N4O7/c26-18(13-16-7-3-1-4-8-16)23(33)29-20(14-17-9-5-2-6-10-17)24(34)27-15-21(30)28-19(25(35)36)11-12-22(31)32/h1-10,18-20H,11-15,26H2,(H,27,34)(H,28,30)(H,29,33)(H,31,32)(H,35,36). The zero-order valence-corrected chi connectivity index (χ0v) is 19.6. The van der Waals surface area contributed by atoms with Crippen LogP contribution >= 0.6 is 0 Å². The molecular formula is C25H30N4O7. The first-order chi connectivity index (χ1) is 17.2. The van der Waals surface area contributed by atoms with Gasteiger partial charge in [-0.2, -0.15) is 0 Å². The molecule has 3 amide bonds. The van der Waals surface area contributed by atoms with Crippen LogP contribution in [-0.4, -0.2) is 64.5 Å². The summed E-state index contributed by atoms with van der Waals surface area (Å²) in [5.74, 6) is -4.61. The van der Waals surface area contributed by atoms with Gasteiger partial charge in [-0.25, -0.2) is 4.79 Å². The van der Waals surface area contributed by atoms with E-state index in [2.05, 4.69) is 16.0 Å². The molecule has 0 aliphatic carbocycles. The Kier molecular flexibility index (Phi) is 11.1. The normalized spacial score (nSPS) is 13.0. The summed E-state index contributed by atoms with van der Waals surface area (Å²) in [4.78, 5) is 59.7. The summed E-state index contributed by atoms with van der Waals surface area (Å²) >= 11 is 0. The molecule has 0 heterocycles. The lowest BCUT2D eigenvalue weighted by Gasteiger charge is -2.21. The lowest BCUT2D eigenvalue weighted by atomic mass is 10.0. The lowest BCUT2D eigenvalue weighted by molar-refractivity contribution is -0.143. The van der Waals surface area contributed by atoms with Crippen LogP contribution in [0.15, 0.2) is 60.7 Å². The van der Waals surface area contributed by atoms with Crippen LogP contribution in [0.3, 0.4) is 0 Å². The third-order valence-corrected chi connectivity index (χ3v) is 5.25. The summed E-state index contributed by atoms with van der Waals surface area (Å²) in [6.07, 6.45) is -0.357. The summed E-state index contributed by atoms with van der Waals surface area (Å²) in [5, 5.41) is 25.1. The number of nitrogens with one attached hydrogen (secondary N) is 3. The van der Waals surface area contributed by atoms with Gasteiger partial charge in [-0.3, -0.25) is 19.2 Å². The molecule has 0 saturated carbocycles. The minimum atomic E-state index is -1.42. The van der Waals surface area contributed by atoms with Gasteiger partial charge in [0.25, 0.3) is 0 Å². The van der Waals surface area contributed by atoms with Crippen LogP contribution in [0.25, 0.3) is 0 Å². The predicted octanol–water partition coefficient (Wildman–Crippen LogP) is -0.166. The van der Waals surface area contributed by atoms with Gasteiger partial charge in [0.1, 0.15) is 12.1 Å². The van der Waals surface area contributed by atoms with Gasteiger partial charge in [0.2, 0.25) is 17.7 Å². The maximum absolute atomic E-state index is 12.9. The van der Waals surface area contributed by atoms with Gasteiger partial charge >= 0.3 is 11.9 Å². The number of carbonyl (C=O) groups is 5. The number of carbonyl (C=O) groups excluding carboxylic acids is 3. The van der Waals surface area contributed by atoms with E-state index in [0.717, 1.165) is 11.1 Å². The number of hydrogen-bond donors (Lipinski definition) is 6. The predicted molar refractivity (Wildman–Crippen MR) is 130 cm³/mol. The molecule has 0 aliphatic heterocycles. The van der Waals surface area contributed by atoms with Gasteiger partial charge in [0.05, 0.1) is 12.6 Å². The molecule has 3 unspecified atom stereocenters. The Morgan fingerprint density at radius 2 is 1.31 bits per heavy atom.